The van der Waals surface area contributed by atoms with Crippen LogP contribution in [0.15, 0.2) is 89.8 Å². The van der Waals surface area contributed by atoms with Crippen molar-refractivity contribution in [3.8, 4) is 11.1 Å². The van der Waals surface area contributed by atoms with Crippen LogP contribution in [-0.4, -0.2) is 60.8 Å². The lowest BCUT2D eigenvalue weighted by atomic mass is 10.0. The van der Waals surface area contributed by atoms with Gasteiger partial charge in [-0.3, -0.25) is 4.79 Å². The first-order valence-corrected chi connectivity index (χ1v) is 16.4. The lowest BCUT2D eigenvalue weighted by molar-refractivity contribution is -0.123. The largest absolute Gasteiger partial charge is 0.347 e. The average molecular weight is 564 g/mol. The molecule has 2 atom stereocenters. The van der Waals surface area contributed by atoms with Gasteiger partial charge in [-0.25, -0.2) is 8.42 Å². The van der Waals surface area contributed by atoms with Gasteiger partial charge in [-0.2, -0.15) is 4.31 Å². The van der Waals surface area contributed by atoms with E-state index in [1.165, 1.54) is 41.8 Å². The Bertz CT molecular complexity index is 1310. The van der Waals surface area contributed by atoms with Gasteiger partial charge in [0.25, 0.3) is 0 Å². The average Bonchev–Trinajstić information content (AvgIpc) is 3.35. The van der Waals surface area contributed by atoms with Crippen molar-refractivity contribution in [1.29, 1.82) is 0 Å². The van der Waals surface area contributed by atoms with E-state index in [0.29, 0.717) is 12.3 Å². The second-order valence-electron chi connectivity index (χ2n) is 10.2. The zero-order valence-corrected chi connectivity index (χ0v) is 23.9. The van der Waals surface area contributed by atoms with Crippen molar-refractivity contribution in [1.82, 2.24) is 14.5 Å². The molecule has 3 aromatic rings. The minimum atomic E-state index is -3.82. The van der Waals surface area contributed by atoms with Gasteiger partial charge >= 0.3 is 0 Å². The van der Waals surface area contributed by atoms with Gasteiger partial charge in [0.15, 0.2) is 0 Å². The molecule has 1 amide bonds. The summed E-state index contributed by atoms with van der Waals surface area (Å²) in [6.45, 7) is 3.43. The van der Waals surface area contributed by atoms with Gasteiger partial charge < -0.3 is 10.2 Å². The van der Waals surface area contributed by atoms with E-state index in [9.17, 15) is 13.2 Å². The Morgan fingerprint density at radius 1 is 0.821 bits per heavy atom. The Morgan fingerprint density at radius 3 is 2.10 bits per heavy atom. The predicted molar refractivity (Wildman–Crippen MR) is 159 cm³/mol. The van der Waals surface area contributed by atoms with E-state index in [4.69, 9.17) is 0 Å². The number of nitrogens with zero attached hydrogens (tertiary/aromatic N) is 2. The molecule has 2 unspecified atom stereocenters. The Hall–Kier alpha value is -2.65. The molecule has 1 N–H and O–H groups in total. The number of thioether (sulfide) groups is 1. The number of benzene rings is 3. The summed E-state index contributed by atoms with van der Waals surface area (Å²) in [5, 5.41) is 2.44. The van der Waals surface area contributed by atoms with Crippen LogP contribution in [0.25, 0.3) is 11.1 Å². The number of nitrogens with one attached hydrogen (secondary N) is 1. The third kappa shape index (κ3) is 6.92. The maximum Gasteiger partial charge on any atom is 0.249 e. The van der Waals surface area contributed by atoms with Gasteiger partial charge in [0.2, 0.25) is 15.9 Å². The highest BCUT2D eigenvalue weighted by Gasteiger charge is 2.40. The number of rotatable bonds is 9. The standard InChI is InChI=1S/C31H37N3O3S2/c35-30(32-29(27-13-7-4-8-14-27)19-22-33-20-9-1-2-10-21-33)31-34(23-24-38-31)39(36,37)28-17-15-26(16-18-28)25-11-5-3-6-12-25/h3-8,11-18,29,31H,1-2,9-10,19-24H2,(H,32,35). The highest BCUT2D eigenvalue weighted by atomic mass is 32.2. The Kier molecular flexibility index (Phi) is 9.40. The van der Waals surface area contributed by atoms with Crippen LogP contribution < -0.4 is 5.32 Å². The molecule has 206 valence electrons. The third-order valence-corrected chi connectivity index (χ3v) is 10.8. The second-order valence-corrected chi connectivity index (χ2v) is 13.3. The fourth-order valence-electron chi connectivity index (χ4n) is 5.41. The van der Waals surface area contributed by atoms with Gasteiger partial charge in [0.05, 0.1) is 10.9 Å². The Labute approximate surface area is 236 Å². The summed E-state index contributed by atoms with van der Waals surface area (Å²) in [6.07, 6.45) is 5.81. The number of hydrogen-bond acceptors (Lipinski definition) is 5. The van der Waals surface area contributed by atoms with Crippen LogP contribution in [0, 0.1) is 0 Å². The van der Waals surface area contributed by atoms with Crippen LogP contribution in [-0.2, 0) is 14.8 Å². The van der Waals surface area contributed by atoms with E-state index in [0.717, 1.165) is 42.7 Å². The van der Waals surface area contributed by atoms with Gasteiger partial charge in [0, 0.05) is 18.8 Å². The van der Waals surface area contributed by atoms with Gasteiger partial charge in [-0.15, -0.1) is 11.8 Å². The summed E-state index contributed by atoms with van der Waals surface area (Å²) >= 11 is 1.39. The van der Waals surface area contributed by atoms with Crippen LogP contribution in [0.1, 0.15) is 43.7 Å². The first kappa shape index (κ1) is 27.9. The van der Waals surface area contributed by atoms with Crippen molar-refractivity contribution in [2.24, 2.45) is 0 Å². The van der Waals surface area contributed by atoms with Crippen molar-refractivity contribution in [2.45, 2.75) is 48.4 Å². The van der Waals surface area contributed by atoms with E-state index in [1.54, 1.807) is 12.1 Å². The Balaban J connectivity index is 1.29. The summed E-state index contributed by atoms with van der Waals surface area (Å²) in [7, 11) is -3.82. The highest BCUT2D eigenvalue weighted by Crippen LogP contribution is 2.32. The van der Waals surface area contributed by atoms with E-state index in [-0.39, 0.29) is 16.8 Å². The summed E-state index contributed by atoms with van der Waals surface area (Å²) in [4.78, 5) is 16.3. The molecule has 3 aromatic carbocycles. The monoisotopic (exact) mass is 563 g/mol. The molecule has 0 aliphatic carbocycles. The number of carbonyl (C=O) groups excluding carboxylic acids is 1. The zero-order valence-electron chi connectivity index (χ0n) is 22.2. The van der Waals surface area contributed by atoms with Crippen molar-refractivity contribution in [2.75, 3.05) is 31.9 Å². The molecule has 2 aliphatic rings. The smallest absolute Gasteiger partial charge is 0.249 e. The Morgan fingerprint density at radius 2 is 1.44 bits per heavy atom. The van der Waals surface area contributed by atoms with Crippen molar-refractivity contribution in [3.05, 3.63) is 90.5 Å². The topological polar surface area (TPSA) is 69.7 Å². The van der Waals surface area contributed by atoms with Gasteiger partial charge in [-0.05, 0) is 61.2 Å². The molecule has 2 heterocycles. The quantitative estimate of drug-likeness (QED) is 0.370. The van der Waals surface area contributed by atoms with E-state index >= 15 is 0 Å². The fourth-order valence-corrected chi connectivity index (χ4v) is 8.50. The SMILES string of the molecule is O=C(NC(CCN1CCCCCC1)c1ccccc1)C1SCCN1S(=O)(=O)c1ccc(-c2ccccc2)cc1. The minimum Gasteiger partial charge on any atom is -0.347 e. The second kappa shape index (κ2) is 13.1. The van der Waals surface area contributed by atoms with Crippen LogP contribution in [0.4, 0.5) is 0 Å². The van der Waals surface area contributed by atoms with E-state index in [2.05, 4.69) is 10.2 Å². The molecule has 5 rings (SSSR count). The summed E-state index contributed by atoms with van der Waals surface area (Å²) in [5.74, 6) is 0.343. The molecular weight excluding hydrogens is 526 g/mol. The zero-order chi connectivity index (χ0) is 27.1. The van der Waals surface area contributed by atoms with Gasteiger partial charge in [-0.1, -0.05) is 85.6 Å². The van der Waals surface area contributed by atoms with Crippen LogP contribution in [0.2, 0.25) is 0 Å². The van der Waals surface area contributed by atoms with Crippen molar-refractivity contribution in [3.63, 3.8) is 0 Å². The molecule has 2 fully saturated rings. The van der Waals surface area contributed by atoms with Crippen molar-refractivity contribution < 1.29 is 13.2 Å². The molecule has 39 heavy (non-hydrogen) atoms. The first-order chi connectivity index (χ1) is 19.0. The number of amides is 1. The lowest BCUT2D eigenvalue weighted by Crippen LogP contribution is -2.46. The van der Waals surface area contributed by atoms with Crippen LogP contribution >= 0.6 is 11.8 Å². The van der Waals surface area contributed by atoms with E-state index < -0.39 is 15.4 Å². The summed E-state index contributed by atoms with van der Waals surface area (Å²) in [5.41, 5.74) is 3.03. The van der Waals surface area contributed by atoms with E-state index in [1.807, 2.05) is 72.8 Å². The molecule has 0 aromatic heterocycles. The third-order valence-electron chi connectivity index (χ3n) is 7.59. The highest BCUT2D eigenvalue weighted by molar-refractivity contribution is 8.02. The summed E-state index contributed by atoms with van der Waals surface area (Å²) < 4.78 is 28.6. The minimum absolute atomic E-state index is 0.169. The number of carbonyl (C=O) groups is 1. The molecule has 2 saturated heterocycles. The van der Waals surface area contributed by atoms with Crippen molar-refractivity contribution >= 4 is 27.7 Å². The number of likely N-dealkylation sites (tertiary alicyclic amines) is 1. The molecule has 0 spiro atoms. The molecule has 0 bridgehead atoms. The molecular formula is C31H37N3O3S2. The predicted octanol–water partition coefficient (Wildman–Crippen LogP) is 5.54. The molecule has 0 radical (unpaired) electrons. The fraction of sp³-hybridized carbons (Fsp3) is 0.387. The molecule has 0 saturated carbocycles. The first-order valence-electron chi connectivity index (χ1n) is 13.9. The lowest BCUT2D eigenvalue weighted by Gasteiger charge is -2.28. The molecule has 2 aliphatic heterocycles. The summed E-state index contributed by atoms with van der Waals surface area (Å²) in [6, 6.07) is 26.7. The number of sulfonamides is 1. The van der Waals surface area contributed by atoms with Gasteiger partial charge in [0.1, 0.15) is 5.37 Å². The maximum absolute atomic E-state index is 13.6. The van der Waals surface area contributed by atoms with Crippen LogP contribution in [0.3, 0.4) is 0 Å². The molecule has 6 nitrogen and oxygen atoms in total. The maximum atomic E-state index is 13.6. The number of hydrogen-bond donors (Lipinski definition) is 1. The normalized spacial score (nSPS) is 19.8. The van der Waals surface area contributed by atoms with Crippen LogP contribution in [0.5, 0.6) is 0 Å². The molecule has 8 heteroatoms.